The number of ether oxygens (including phenoxy) is 1. The summed E-state index contributed by atoms with van der Waals surface area (Å²) in [4.78, 5) is 11.2. The lowest BCUT2D eigenvalue weighted by Gasteiger charge is -2.19. The Morgan fingerprint density at radius 2 is 2.43 bits per heavy atom. The third-order valence-corrected chi connectivity index (χ3v) is 2.35. The molecule has 0 saturated carbocycles. The van der Waals surface area contributed by atoms with E-state index in [-0.39, 0.29) is 17.4 Å². The van der Waals surface area contributed by atoms with Crippen molar-refractivity contribution in [2.24, 2.45) is 5.92 Å². The Hall–Kier alpha value is -0.865. The average molecular weight is 202 g/mol. The van der Waals surface area contributed by atoms with E-state index in [2.05, 4.69) is 0 Å². The van der Waals surface area contributed by atoms with Gasteiger partial charge in [0.1, 0.15) is 0 Å². The maximum absolute atomic E-state index is 12.2. The van der Waals surface area contributed by atoms with Crippen molar-refractivity contribution in [3.8, 4) is 0 Å². The molecule has 0 aromatic rings. The molecule has 5 heteroatoms. The smallest absolute Gasteiger partial charge is 0.466 e. The first-order valence-corrected chi connectivity index (χ1v) is 4.78. The standard InChI is InChI=1S/C9H13BF2O2/c1-2-14-9(13)7-3-5-8(6-4-7)10(11)12/h5,7H,2-4,6H2,1H3. The predicted octanol–water partition coefficient (Wildman–Crippen LogP) is 2.24. The Kier molecular flexibility index (Phi) is 4.10. The molecule has 1 aliphatic rings. The van der Waals surface area contributed by atoms with Gasteiger partial charge in [-0.15, -0.1) is 0 Å². The second-order valence-corrected chi connectivity index (χ2v) is 3.30. The molecule has 1 atom stereocenters. The van der Waals surface area contributed by atoms with Crippen LogP contribution < -0.4 is 0 Å². The molecule has 14 heavy (non-hydrogen) atoms. The first kappa shape index (κ1) is 11.2. The molecule has 0 N–H and O–H groups in total. The number of carbonyl (C=O) groups excluding carboxylic acids is 1. The summed E-state index contributed by atoms with van der Waals surface area (Å²) in [7, 11) is -2.38. The van der Waals surface area contributed by atoms with Gasteiger partial charge in [0.15, 0.2) is 0 Å². The summed E-state index contributed by atoms with van der Waals surface area (Å²) in [5.41, 5.74) is 0.158. The first-order chi connectivity index (χ1) is 6.65. The highest BCUT2D eigenvalue weighted by molar-refractivity contribution is 6.52. The van der Waals surface area contributed by atoms with Crippen LogP contribution in [0.25, 0.3) is 0 Å². The highest BCUT2D eigenvalue weighted by Crippen LogP contribution is 2.26. The van der Waals surface area contributed by atoms with Crippen LogP contribution >= 0.6 is 0 Å². The quantitative estimate of drug-likeness (QED) is 0.518. The summed E-state index contributed by atoms with van der Waals surface area (Å²) in [6.07, 6.45) is 2.64. The van der Waals surface area contributed by atoms with Crippen LogP contribution in [0.3, 0.4) is 0 Å². The molecule has 0 heterocycles. The molecular formula is C9H13BF2O2. The largest absolute Gasteiger partial charge is 0.567 e. The maximum atomic E-state index is 12.2. The van der Waals surface area contributed by atoms with Gasteiger partial charge < -0.3 is 4.74 Å². The van der Waals surface area contributed by atoms with Gasteiger partial charge >= 0.3 is 13.2 Å². The van der Waals surface area contributed by atoms with E-state index in [0.717, 1.165) is 0 Å². The minimum Gasteiger partial charge on any atom is -0.466 e. The summed E-state index contributed by atoms with van der Waals surface area (Å²) in [6.45, 7) is 2.09. The Bertz CT molecular complexity index is 241. The highest BCUT2D eigenvalue weighted by atomic mass is 19.2. The number of hydrogen-bond donors (Lipinski definition) is 0. The Labute approximate surface area is 82.5 Å². The van der Waals surface area contributed by atoms with Crippen molar-refractivity contribution in [1.29, 1.82) is 0 Å². The molecule has 1 rings (SSSR count). The second-order valence-electron chi connectivity index (χ2n) is 3.30. The second kappa shape index (κ2) is 5.12. The molecule has 1 aliphatic carbocycles. The number of esters is 1. The average Bonchev–Trinajstić information content (AvgIpc) is 2.18. The van der Waals surface area contributed by atoms with E-state index in [1.54, 1.807) is 6.92 Å². The maximum Gasteiger partial charge on any atom is 0.567 e. The van der Waals surface area contributed by atoms with Gasteiger partial charge in [0.25, 0.3) is 0 Å². The molecule has 2 nitrogen and oxygen atoms in total. The molecule has 0 bridgehead atoms. The van der Waals surface area contributed by atoms with Crippen molar-refractivity contribution >= 4 is 13.2 Å². The van der Waals surface area contributed by atoms with Crippen molar-refractivity contribution in [2.45, 2.75) is 26.2 Å². The van der Waals surface area contributed by atoms with E-state index in [0.29, 0.717) is 25.9 Å². The zero-order valence-corrected chi connectivity index (χ0v) is 8.13. The topological polar surface area (TPSA) is 26.3 Å². The van der Waals surface area contributed by atoms with Gasteiger partial charge in [-0.1, -0.05) is 6.08 Å². The molecule has 0 aromatic heterocycles. The highest BCUT2D eigenvalue weighted by Gasteiger charge is 2.28. The van der Waals surface area contributed by atoms with Gasteiger partial charge in [0.05, 0.1) is 12.5 Å². The third kappa shape index (κ3) is 2.82. The molecule has 0 radical (unpaired) electrons. The lowest BCUT2D eigenvalue weighted by molar-refractivity contribution is -0.148. The summed E-state index contributed by atoms with van der Waals surface area (Å²) in [6, 6.07) is 0. The van der Waals surface area contributed by atoms with Crippen LogP contribution in [0.15, 0.2) is 11.5 Å². The van der Waals surface area contributed by atoms with E-state index in [1.807, 2.05) is 0 Å². The van der Waals surface area contributed by atoms with E-state index in [1.165, 1.54) is 6.08 Å². The fourth-order valence-corrected chi connectivity index (χ4v) is 1.53. The summed E-state index contributed by atoms with van der Waals surface area (Å²) < 4.78 is 29.2. The van der Waals surface area contributed by atoms with Crippen LogP contribution in [0, 0.1) is 5.92 Å². The zero-order chi connectivity index (χ0) is 10.6. The van der Waals surface area contributed by atoms with Crippen molar-refractivity contribution in [2.75, 3.05) is 6.61 Å². The lowest BCUT2D eigenvalue weighted by atomic mass is 9.75. The van der Waals surface area contributed by atoms with Crippen molar-refractivity contribution in [3.05, 3.63) is 11.5 Å². The van der Waals surface area contributed by atoms with Crippen molar-refractivity contribution < 1.29 is 18.2 Å². The molecule has 0 amide bonds. The molecule has 78 valence electrons. The zero-order valence-electron chi connectivity index (χ0n) is 8.13. The van der Waals surface area contributed by atoms with E-state index < -0.39 is 7.27 Å². The molecule has 1 unspecified atom stereocenters. The van der Waals surface area contributed by atoms with Gasteiger partial charge in [-0.05, 0) is 31.7 Å². The van der Waals surface area contributed by atoms with Crippen LogP contribution in [0.2, 0.25) is 0 Å². The molecule has 0 saturated heterocycles. The Balaban J connectivity index is 2.46. The van der Waals surface area contributed by atoms with Crippen LogP contribution in [-0.4, -0.2) is 19.8 Å². The fourth-order valence-electron chi connectivity index (χ4n) is 1.53. The van der Waals surface area contributed by atoms with Gasteiger partial charge in [-0.3, -0.25) is 13.4 Å². The molecular weight excluding hydrogens is 189 g/mol. The molecule has 0 spiro atoms. The van der Waals surface area contributed by atoms with Crippen LogP contribution in [0.5, 0.6) is 0 Å². The molecule has 0 aromatic carbocycles. The summed E-state index contributed by atoms with van der Waals surface area (Å²) >= 11 is 0. The number of halogens is 2. The van der Waals surface area contributed by atoms with Gasteiger partial charge in [-0.25, -0.2) is 0 Å². The monoisotopic (exact) mass is 202 g/mol. The van der Waals surface area contributed by atoms with Crippen LogP contribution in [-0.2, 0) is 9.53 Å². The summed E-state index contributed by atoms with van der Waals surface area (Å²) in [5.74, 6) is -0.491. The minimum absolute atomic E-state index is 0.158. The van der Waals surface area contributed by atoms with Crippen LogP contribution in [0.1, 0.15) is 26.2 Å². The molecule has 0 aliphatic heterocycles. The van der Waals surface area contributed by atoms with Gasteiger partial charge in [-0.2, -0.15) is 0 Å². The van der Waals surface area contributed by atoms with Crippen LogP contribution in [0.4, 0.5) is 8.63 Å². The van der Waals surface area contributed by atoms with E-state index in [9.17, 15) is 13.4 Å². The summed E-state index contributed by atoms with van der Waals surface area (Å²) in [5, 5.41) is 0. The SMILES string of the molecule is CCOC(=O)C1CC=C(B(F)F)CC1. The first-order valence-electron chi connectivity index (χ1n) is 4.78. The number of rotatable bonds is 3. The van der Waals surface area contributed by atoms with Crippen molar-refractivity contribution in [1.82, 2.24) is 0 Å². The predicted molar refractivity (Wildman–Crippen MR) is 50.0 cm³/mol. The van der Waals surface area contributed by atoms with Gasteiger partial charge in [0, 0.05) is 0 Å². The van der Waals surface area contributed by atoms with Gasteiger partial charge in [0.2, 0.25) is 0 Å². The minimum atomic E-state index is -2.38. The van der Waals surface area contributed by atoms with E-state index >= 15 is 0 Å². The Morgan fingerprint density at radius 1 is 1.71 bits per heavy atom. The van der Waals surface area contributed by atoms with E-state index in [4.69, 9.17) is 4.74 Å². The van der Waals surface area contributed by atoms with Crippen molar-refractivity contribution in [3.63, 3.8) is 0 Å². The number of hydrogen-bond acceptors (Lipinski definition) is 2. The Morgan fingerprint density at radius 3 is 2.86 bits per heavy atom. The fraction of sp³-hybridized carbons (Fsp3) is 0.667. The molecule has 0 fully saturated rings. The number of allylic oxidation sites excluding steroid dienone is 2. The normalized spacial score (nSPS) is 21.4. The lowest BCUT2D eigenvalue weighted by Crippen LogP contribution is -2.21. The third-order valence-electron chi connectivity index (χ3n) is 2.35. The number of carbonyl (C=O) groups is 1.